The molecule has 0 amide bonds. The first kappa shape index (κ1) is 13.6. The van der Waals surface area contributed by atoms with E-state index in [2.05, 4.69) is 34.1 Å². The lowest BCUT2D eigenvalue weighted by atomic mass is 9.96. The highest BCUT2D eigenvalue weighted by molar-refractivity contribution is 9.10. The molecule has 2 aromatic rings. The SMILES string of the molecule is COc1ccc(C(N)c2ccc3c(c2)COC3)c(Br)c1. The monoisotopic (exact) mass is 333 g/mol. The average Bonchev–Trinajstić information content (AvgIpc) is 2.93. The Balaban J connectivity index is 1.94. The van der Waals surface area contributed by atoms with Crippen LogP contribution in [0.3, 0.4) is 0 Å². The molecule has 2 aromatic carbocycles. The van der Waals surface area contributed by atoms with Crippen LogP contribution in [0.25, 0.3) is 0 Å². The van der Waals surface area contributed by atoms with E-state index < -0.39 is 0 Å². The molecule has 1 atom stereocenters. The third-order valence-electron chi connectivity index (χ3n) is 3.65. The van der Waals surface area contributed by atoms with Gasteiger partial charge in [-0.25, -0.2) is 0 Å². The van der Waals surface area contributed by atoms with Crippen molar-refractivity contribution in [1.82, 2.24) is 0 Å². The van der Waals surface area contributed by atoms with E-state index in [4.69, 9.17) is 15.2 Å². The first-order valence-corrected chi connectivity index (χ1v) is 7.27. The van der Waals surface area contributed by atoms with Gasteiger partial charge in [-0.1, -0.05) is 40.2 Å². The number of methoxy groups -OCH3 is 1. The van der Waals surface area contributed by atoms with E-state index >= 15 is 0 Å². The number of fused-ring (bicyclic) bond motifs is 1. The maximum atomic E-state index is 6.39. The van der Waals surface area contributed by atoms with Gasteiger partial charge >= 0.3 is 0 Å². The summed E-state index contributed by atoms with van der Waals surface area (Å²) in [5, 5.41) is 0. The summed E-state index contributed by atoms with van der Waals surface area (Å²) in [4.78, 5) is 0. The second kappa shape index (κ2) is 5.56. The van der Waals surface area contributed by atoms with Crippen molar-refractivity contribution in [2.75, 3.05) is 7.11 Å². The molecule has 0 spiro atoms. The van der Waals surface area contributed by atoms with Crippen LogP contribution in [-0.4, -0.2) is 7.11 Å². The summed E-state index contributed by atoms with van der Waals surface area (Å²) in [5.41, 5.74) is 11.0. The van der Waals surface area contributed by atoms with Gasteiger partial charge < -0.3 is 15.2 Å². The molecule has 2 N–H and O–H groups in total. The molecule has 3 nitrogen and oxygen atoms in total. The number of hydrogen-bond acceptors (Lipinski definition) is 3. The van der Waals surface area contributed by atoms with Crippen molar-refractivity contribution in [1.29, 1.82) is 0 Å². The standard InChI is InChI=1S/C16H16BrNO2/c1-19-13-4-5-14(15(17)7-13)16(18)10-2-3-11-8-20-9-12(11)6-10/h2-7,16H,8-9,18H2,1H3. The van der Waals surface area contributed by atoms with Crippen LogP contribution in [0.2, 0.25) is 0 Å². The van der Waals surface area contributed by atoms with Crippen LogP contribution in [0.4, 0.5) is 0 Å². The molecule has 104 valence electrons. The topological polar surface area (TPSA) is 44.5 Å². The van der Waals surface area contributed by atoms with Gasteiger partial charge in [0.05, 0.1) is 26.4 Å². The van der Waals surface area contributed by atoms with Gasteiger partial charge in [0.2, 0.25) is 0 Å². The maximum Gasteiger partial charge on any atom is 0.120 e. The molecule has 0 radical (unpaired) electrons. The molecule has 1 unspecified atom stereocenters. The molecular formula is C16H16BrNO2. The highest BCUT2D eigenvalue weighted by atomic mass is 79.9. The Labute approximate surface area is 126 Å². The largest absolute Gasteiger partial charge is 0.497 e. The Morgan fingerprint density at radius 3 is 2.70 bits per heavy atom. The predicted molar refractivity (Wildman–Crippen MR) is 81.7 cm³/mol. The van der Waals surface area contributed by atoms with Crippen molar-refractivity contribution in [3.05, 3.63) is 63.1 Å². The van der Waals surface area contributed by atoms with Crippen LogP contribution in [0.15, 0.2) is 40.9 Å². The molecule has 0 aromatic heterocycles. The van der Waals surface area contributed by atoms with E-state index in [1.165, 1.54) is 11.1 Å². The van der Waals surface area contributed by atoms with Gasteiger partial charge in [-0.15, -0.1) is 0 Å². The number of nitrogens with two attached hydrogens (primary N) is 1. The molecule has 1 aliphatic rings. The molecule has 0 fully saturated rings. The highest BCUT2D eigenvalue weighted by Crippen LogP contribution is 2.31. The molecule has 20 heavy (non-hydrogen) atoms. The van der Waals surface area contributed by atoms with Crippen LogP contribution in [-0.2, 0) is 18.0 Å². The fraction of sp³-hybridized carbons (Fsp3) is 0.250. The molecule has 0 saturated carbocycles. The summed E-state index contributed by atoms with van der Waals surface area (Å²) in [5.74, 6) is 0.815. The molecule has 3 rings (SSSR count). The Kier molecular flexibility index (Phi) is 3.78. The van der Waals surface area contributed by atoms with Crippen LogP contribution < -0.4 is 10.5 Å². The van der Waals surface area contributed by atoms with Crippen LogP contribution in [0, 0.1) is 0 Å². The Morgan fingerprint density at radius 1 is 1.15 bits per heavy atom. The Morgan fingerprint density at radius 2 is 1.95 bits per heavy atom. The van der Waals surface area contributed by atoms with Crippen molar-refractivity contribution >= 4 is 15.9 Å². The van der Waals surface area contributed by atoms with Gasteiger partial charge in [0.15, 0.2) is 0 Å². The predicted octanol–water partition coefficient (Wildman–Crippen LogP) is 3.54. The van der Waals surface area contributed by atoms with Crippen molar-refractivity contribution in [3.8, 4) is 5.75 Å². The minimum absolute atomic E-state index is 0.166. The lowest BCUT2D eigenvalue weighted by molar-refractivity contribution is 0.134. The van der Waals surface area contributed by atoms with Gasteiger partial charge in [-0.2, -0.15) is 0 Å². The summed E-state index contributed by atoms with van der Waals surface area (Å²) in [7, 11) is 1.65. The van der Waals surface area contributed by atoms with E-state index in [0.29, 0.717) is 13.2 Å². The molecule has 0 bridgehead atoms. The third kappa shape index (κ3) is 2.46. The third-order valence-corrected chi connectivity index (χ3v) is 4.33. The zero-order valence-electron chi connectivity index (χ0n) is 11.2. The van der Waals surface area contributed by atoms with Gasteiger partial charge in [-0.3, -0.25) is 0 Å². The minimum atomic E-state index is -0.166. The van der Waals surface area contributed by atoms with E-state index in [1.54, 1.807) is 7.11 Å². The summed E-state index contributed by atoms with van der Waals surface area (Å²) >= 11 is 3.56. The summed E-state index contributed by atoms with van der Waals surface area (Å²) < 4.78 is 11.6. The minimum Gasteiger partial charge on any atom is -0.497 e. The van der Waals surface area contributed by atoms with E-state index in [9.17, 15) is 0 Å². The zero-order valence-corrected chi connectivity index (χ0v) is 12.8. The first-order valence-electron chi connectivity index (χ1n) is 6.47. The number of rotatable bonds is 3. The van der Waals surface area contributed by atoms with Gasteiger partial charge in [-0.05, 0) is 34.4 Å². The Bertz CT molecular complexity index is 642. The van der Waals surface area contributed by atoms with Crippen molar-refractivity contribution in [2.24, 2.45) is 5.73 Å². The fourth-order valence-corrected chi connectivity index (χ4v) is 3.06. The number of hydrogen-bond donors (Lipinski definition) is 1. The lowest BCUT2D eigenvalue weighted by Gasteiger charge is -2.16. The fourth-order valence-electron chi connectivity index (χ4n) is 2.45. The van der Waals surface area contributed by atoms with Gasteiger partial charge in [0, 0.05) is 4.47 Å². The molecule has 4 heteroatoms. The summed E-state index contributed by atoms with van der Waals surface area (Å²) in [6, 6.07) is 12.0. The second-order valence-corrected chi connectivity index (χ2v) is 5.74. The van der Waals surface area contributed by atoms with Crippen molar-refractivity contribution in [3.63, 3.8) is 0 Å². The average molecular weight is 334 g/mol. The number of ether oxygens (including phenoxy) is 2. The highest BCUT2D eigenvalue weighted by Gasteiger charge is 2.17. The Hall–Kier alpha value is -1.36. The van der Waals surface area contributed by atoms with Crippen LogP contribution in [0.1, 0.15) is 28.3 Å². The first-order chi connectivity index (χ1) is 9.69. The van der Waals surface area contributed by atoms with Crippen LogP contribution >= 0.6 is 15.9 Å². The van der Waals surface area contributed by atoms with E-state index in [0.717, 1.165) is 21.3 Å². The van der Waals surface area contributed by atoms with Gasteiger partial charge in [0.1, 0.15) is 5.75 Å². The van der Waals surface area contributed by atoms with Gasteiger partial charge in [0.25, 0.3) is 0 Å². The normalized spacial score (nSPS) is 14.9. The van der Waals surface area contributed by atoms with E-state index in [-0.39, 0.29) is 6.04 Å². The molecule has 1 aliphatic heterocycles. The number of halogens is 1. The molecule has 0 aliphatic carbocycles. The smallest absolute Gasteiger partial charge is 0.120 e. The van der Waals surface area contributed by atoms with Crippen LogP contribution in [0.5, 0.6) is 5.75 Å². The maximum absolute atomic E-state index is 6.39. The summed E-state index contributed by atoms with van der Waals surface area (Å²) in [6.45, 7) is 1.39. The lowest BCUT2D eigenvalue weighted by Crippen LogP contribution is -2.13. The van der Waals surface area contributed by atoms with Crippen molar-refractivity contribution < 1.29 is 9.47 Å². The molecule has 0 saturated heterocycles. The molecular weight excluding hydrogens is 318 g/mol. The number of benzene rings is 2. The zero-order chi connectivity index (χ0) is 14.1. The van der Waals surface area contributed by atoms with Crippen molar-refractivity contribution in [2.45, 2.75) is 19.3 Å². The van der Waals surface area contributed by atoms with E-state index in [1.807, 2.05) is 18.2 Å². The quantitative estimate of drug-likeness (QED) is 0.934. The second-order valence-electron chi connectivity index (χ2n) is 4.89. The summed E-state index contributed by atoms with van der Waals surface area (Å²) in [6.07, 6.45) is 0. The molecule has 1 heterocycles.